The second-order valence-electron chi connectivity index (χ2n) is 6.54. The van der Waals surface area contributed by atoms with E-state index in [1.807, 2.05) is 13.1 Å². The zero-order valence-electron chi connectivity index (χ0n) is 14.8. The number of rotatable bonds is 6. The first-order valence-electron chi connectivity index (χ1n) is 8.67. The van der Waals surface area contributed by atoms with Crippen LogP contribution in [0.5, 0.6) is 11.5 Å². The molecule has 0 unspecified atom stereocenters. The summed E-state index contributed by atoms with van der Waals surface area (Å²) in [7, 11) is 5.21. The van der Waals surface area contributed by atoms with Crippen LogP contribution < -0.4 is 25.0 Å². The number of aliphatic imine (C=N–C) groups is 1. The minimum atomic E-state index is 0.611. The van der Waals surface area contributed by atoms with Gasteiger partial charge in [-0.05, 0) is 25.2 Å². The third-order valence-corrected chi connectivity index (χ3v) is 4.69. The standard InChI is InChI=1S/C18H28N4O2/c1-19-18(21-14-4-5-14)20-11-13-6-7-22(12-13)15-8-16(23-2)10-17(9-15)24-3/h8-10,13-14H,4-7,11-12H2,1-3H3,(H2,19,20,21)/t13-/m0/s1. The van der Waals surface area contributed by atoms with E-state index < -0.39 is 0 Å². The molecule has 1 aliphatic heterocycles. The summed E-state index contributed by atoms with van der Waals surface area (Å²) in [4.78, 5) is 6.70. The van der Waals surface area contributed by atoms with Crippen molar-refractivity contribution < 1.29 is 9.47 Å². The number of nitrogens with one attached hydrogen (secondary N) is 2. The highest BCUT2D eigenvalue weighted by Crippen LogP contribution is 2.31. The zero-order valence-corrected chi connectivity index (χ0v) is 14.8. The Balaban J connectivity index is 1.54. The van der Waals surface area contributed by atoms with Crippen molar-refractivity contribution in [2.24, 2.45) is 10.9 Å². The molecule has 2 aliphatic rings. The molecule has 2 fully saturated rings. The van der Waals surface area contributed by atoms with Crippen molar-refractivity contribution in [1.82, 2.24) is 10.6 Å². The summed E-state index contributed by atoms with van der Waals surface area (Å²) in [6.45, 7) is 3.03. The lowest BCUT2D eigenvalue weighted by molar-refractivity contribution is 0.394. The average molecular weight is 332 g/mol. The van der Waals surface area contributed by atoms with E-state index in [9.17, 15) is 0 Å². The van der Waals surface area contributed by atoms with E-state index in [2.05, 4.69) is 32.7 Å². The van der Waals surface area contributed by atoms with Crippen molar-refractivity contribution in [3.8, 4) is 11.5 Å². The zero-order chi connectivity index (χ0) is 16.9. The van der Waals surface area contributed by atoms with Gasteiger partial charge in [-0.25, -0.2) is 0 Å². The van der Waals surface area contributed by atoms with E-state index in [1.165, 1.54) is 19.3 Å². The van der Waals surface area contributed by atoms with Crippen molar-refractivity contribution >= 4 is 11.6 Å². The van der Waals surface area contributed by atoms with Crippen LogP contribution in [0.25, 0.3) is 0 Å². The van der Waals surface area contributed by atoms with Gasteiger partial charge in [0.1, 0.15) is 11.5 Å². The van der Waals surface area contributed by atoms with Gasteiger partial charge in [-0.1, -0.05) is 0 Å². The number of methoxy groups -OCH3 is 2. The Kier molecular flexibility index (Phi) is 5.33. The smallest absolute Gasteiger partial charge is 0.191 e. The van der Waals surface area contributed by atoms with Gasteiger partial charge < -0.3 is 25.0 Å². The molecule has 2 N–H and O–H groups in total. The number of guanidine groups is 1. The monoisotopic (exact) mass is 332 g/mol. The van der Waals surface area contributed by atoms with Gasteiger partial charge in [0.15, 0.2) is 5.96 Å². The van der Waals surface area contributed by atoms with Crippen LogP contribution in [0, 0.1) is 5.92 Å². The summed E-state index contributed by atoms with van der Waals surface area (Å²) in [5.74, 6) is 3.21. The summed E-state index contributed by atoms with van der Waals surface area (Å²) in [6, 6.07) is 6.68. The van der Waals surface area contributed by atoms with Gasteiger partial charge in [-0.2, -0.15) is 0 Å². The molecule has 1 aliphatic carbocycles. The fourth-order valence-electron chi connectivity index (χ4n) is 3.07. The molecule has 132 valence electrons. The second-order valence-corrected chi connectivity index (χ2v) is 6.54. The Labute approximate surface area is 144 Å². The van der Waals surface area contributed by atoms with Gasteiger partial charge in [0.05, 0.1) is 14.2 Å². The number of ether oxygens (including phenoxy) is 2. The van der Waals surface area contributed by atoms with Crippen LogP contribution in [-0.2, 0) is 0 Å². The minimum absolute atomic E-state index is 0.611. The van der Waals surface area contributed by atoms with Crippen LogP contribution in [0.2, 0.25) is 0 Å². The second kappa shape index (κ2) is 7.64. The van der Waals surface area contributed by atoms with Crippen LogP contribution in [0.4, 0.5) is 5.69 Å². The third-order valence-electron chi connectivity index (χ3n) is 4.69. The highest BCUT2D eigenvalue weighted by Gasteiger charge is 2.25. The number of benzene rings is 1. The molecule has 3 rings (SSSR count). The summed E-state index contributed by atoms with van der Waals surface area (Å²) in [6.07, 6.45) is 3.69. The van der Waals surface area contributed by atoms with Crippen molar-refractivity contribution in [3.05, 3.63) is 18.2 Å². The lowest BCUT2D eigenvalue weighted by Gasteiger charge is -2.21. The van der Waals surface area contributed by atoms with Crippen molar-refractivity contribution in [2.45, 2.75) is 25.3 Å². The molecule has 24 heavy (non-hydrogen) atoms. The molecule has 0 bridgehead atoms. The molecule has 0 amide bonds. The summed E-state index contributed by atoms with van der Waals surface area (Å²) in [5, 5.41) is 6.89. The van der Waals surface area contributed by atoms with Gasteiger partial charge in [-0.15, -0.1) is 0 Å². The molecule has 1 aromatic rings. The number of hydrogen-bond donors (Lipinski definition) is 2. The van der Waals surface area contributed by atoms with Gasteiger partial charge in [0.25, 0.3) is 0 Å². The van der Waals surface area contributed by atoms with Gasteiger partial charge in [0, 0.05) is 56.6 Å². The van der Waals surface area contributed by atoms with Crippen molar-refractivity contribution in [3.63, 3.8) is 0 Å². The highest BCUT2D eigenvalue weighted by atomic mass is 16.5. The normalized spacial score (nSPS) is 20.9. The van der Waals surface area contributed by atoms with Gasteiger partial charge in [0.2, 0.25) is 0 Å². The fraction of sp³-hybridized carbons (Fsp3) is 0.611. The largest absolute Gasteiger partial charge is 0.497 e. The molecule has 0 spiro atoms. The Morgan fingerprint density at radius 2 is 1.88 bits per heavy atom. The van der Waals surface area contributed by atoms with Crippen LogP contribution in [0.15, 0.2) is 23.2 Å². The lowest BCUT2D eigenvalue weighted by atomic mass is 10.1. The maximum atomic E-state index is 5.38. The highest BCUT2D eigenvalue weighted by molar-refractivity contribution is 5.80. The Hall–Kier alpha value is -2.11. The summed E-state index contributed by atoms with van der Waals surface area (Å²) >= 11 is 0. The first-order chi connectivity index (χ1) is 11.7. The molecule has 1 heterocycles. The predicted molar refractivity (Wildman–Crippen MR) is 97.4 cm³/mol. The molecule has 6 nitrogen and oxygen atoms in total. The number of hydrogen-bond acceptors (Lipinski definition) is 4. The lowest BCUT2D eigenvalue weighted by Crippen LogP contribution is -2.41. The molecule has 1 saturated heterocycles. The summed E-state index contributed by atoms with van der Waals surface area (Å²) < 4.78 is 10.8. The van der Waals surface area contributed by atoms with Crippen LogP contribution in [0.3, 0.4) is 0 Å². The summed E-state index contributed by atoms with van der Waals surface area (Å²) in [5.41, 5.74) is 1.16. The van der Waals surface area contributed by atoms with E-state index in [-0.39, 0.29) is 0 Å². The number of nitrogens with zero attached hydrogens (tertiary/aromatic N) is 2. The van der Waals surface area contributed by atoms with Crippen molar-refractivity contribution in [1.29, 1.82) is 0 Å². The van der Waals surface area contributed by atoms with Gasteiger partial charge in [-0.3, -0.25) is 4.99 Å². The van der Waals surface area contributed by atoms with Gasteiger partial charge >= 0.3 is 0 Å². The maximum absolute atomic E-state index is 5.38. The van der Waals surface area contributed by atoms with E-state index in [1.54, 1.807) is 14.2 Å². The molecular weight excluding hydrogens is 304 g/mol. The molecule has 1 saturated carbocycles. The van der Waals surface area contributed by atoms with E-state index in [0.717, 1.165) is 42.8 Å². The quantitative estimate of drug-likeness (QED) is 0.615. The van der Waals surface area contributed by atoms with Crippen LogP contribution >= 0.6 is 0 Å². The molecule has 1 aromatic carbocycles. The Morgan fingerprint density at radius 1 is 1.17 bits per heavy atom. The topological polar surface area (TPSA) is 58.1 Å². The van der Waals surface area contributed by atoms with E-state index in [4.69, 9.17) is 9.47 Å². The average Bonchev–Trinajstić information content (AvgIpc) is 3.32. The van der Waals surface area contributed by atoms with Crippen LogP contribution in [0.1, 0.15) is 19.3 Å². The molecule has 0 aromatic heterocycles. The number of anilines is 1. The molecular formula is C18H28N4O2. The molecule has 0 radical (unpaired) electrons. The van der Waals surface area contributed by atoms with Crippen molar-refractivity contribution in [2.75, 3.05) is 45.8 Å². The van der Waals surface area contributed by atoms with Crippen LogP contribution in [-0.4, -0.2) is 52.9 Å². The minimum Gasteiger partial charge on any atom is -0.497 e. The Bertz CT molecular complexity index is 564. The fourth-order valence-corrected chi connectivity index (χ4v) is 3.07. The van der Waals surface area contributed by atoms with E-state index >= 15 is 0 Å². The first kappa shape index (κ1) is 16.7. The molecule has 1 atom stereocenters. The third kappa shape index (κ3) is 4.24. The maximum Gasteiger partial charge on any atom is 0.191 e. The predicted octanol–water partition coefficient (Wildman–Crippen LogP) is 1.86. The SMILES string of the molecule is CN=C(NC[C@@H]1CCN(c2cc(OC)cc(OC)c2)C1)NC1CC1. The molecule has 6 heteroatoms. The van der Waals surface area contributed by atoms with E-state index in [0.29, 0.717) is 12.0 Å². The first-order valence-corrected chi connectivity index (χ1v) is 8.67. The Morgan fingerprint density at radius 3 is 2.46 bits per heavy atom.